The standard InChI is InChI=1S/C5H9N5/c1-3-5(2)9-7-4(6)8-10-5/h1,4,7,9H,6H2,2H3. The summed E-state index contributed by atoms with van der Waals surface area (Å²) in [5, 5.41) is 7.39. The molecule has 2 unspecified atom stereocenters. The predicted octanol–water partition coefficient (Wildman–Crippen LogP) is -0.862. The van der Waals surface area contributed by atoms with Gasteiger partial charge in [-0.15, -0.1) is 6.42 Å². The molecule has 0 bridgehead atoms. The predicted molar refractivity (Wildman–Crippen MR) is 36.3 cm³/mol. The third-order valence-electron chi connectivity index (χ3n) is 1.13. The zero-order chi connectivity index (χ0) is 7.61. The van der Waals surface area contributed by atoms with Gasteiger partial charge >= 0.3 is 0 Å². The topological polar surface area (TPSA) is 74.8 Å². The van der Waals surface area contributed by atoms with E-state index in [0.717, 1.165) is 0 Å². The van der Waals surface area contributed by atoms with Gasteiger partial charge in [-0.05, 0) is 6.92 Å². The lowest BCUT2D eigenvalue weighted by atomic mass is 10.2. The molecule has 0 saturated heterocycles. The summed E-state index contributed by atoms with van der Waals surface area (Å²) in [5.41, 5.74) is 9.93. The molecule has 1 aliphatic rings. The molecule has 0 saturated carbocycles. The lowest BCUT2D eigenvalue weighted by Gasteiger charge is -2.25. The van der Waals surface area contributed by atoms with Gasteiger partial charge in [0.05, 0.1) is 0 Å². The average molecular weight is 139 g/mol. The van der Waals surface area contributed by atoms with Gasteiger partial charge in [-0.1, -0.05) is 5.92 Å². The largest absolute Gasteiger partial charge is 0.295 e. The zero-order valence-corrected chi connectivity index (χ0v) is 5.63. The molecule has 0 amide bonds. The highest BCUT2D eigenvalue weighted by molar-refractivity contribution is 5.08. The van der Waals surface area contributed by atoms with E-state index in [-0.39, 0.29) is 0 Å². The molecule has 2 atom stereocenters. The fraction of sp³-hybridized carbons (Fsp3) is 0.600. The highest BCUT2D eigenvalue weighted by Crippen LogP contribution is 2.06. The van der Waals surface area contributed by atoms with Crippen LogP contribution < -0.4 is 16.6 Å². The van der Waals surface area contributed by atoms with Crippen LogP contribution in [-0.2, 0) is 0 Å². The summed E-state index contributed by atoms with van der Waals surface area (Å²) in [4.78, 5) is 0. The molecule has 0 fully saturated rings. The number of hydrogen-bond acceptors (Lipinski definition) is 5. The van der Waals surface area contributed by atoms with Gasteiger partial charge in [0, 0.05) is 0 Å². The van der Waals surface area contributed by atoms with E-state index in [9.17, 15) is 0 Å². The molecule has 0 aromatic rings. The van der Waals surface area contributed by atoms with E-state index in [1.807, 2.05) is 0 Å². The quantitative estimate of drug-likeness (QED) is 0.382. The van der Waals surface area contributed by atoms with E-state index in [1.165, 1.54) is 0 Å². The number of azo groups is 1. The van der Waals surface area contributed by atoms with Gasteiger partial charge in [0.15, 0.2) is 6.29 Å². The molecule has 1 heterocycles. The van der Waals surface area contributed by atoms with Crippen LogP contribution in [0.2, 0.25) is 0 Å². The Kier molecular flexibility index (Phi) is 1.68. The van der Waals surface area contributed by atoms with Gasteiger partial charge in [-0.2, -0.15) is 10.2 Å². The highest BCUT2D eigenvalue weighted by atomic mass is 15.6. The SMILES string of the molecule is C#CC1(C)N=NC(N)NN1. The van der Waals surface area contributed by atoms with Crippen LogP contribution >= 0.6 is 0 Å². The summed E-state index contributed by atoms with van der Waals surface area (Å²) in [6.45, 7) is 1.72. The molecule has 0 aliphatic carbocycles. The average Bonchev–Trinajstić information content (AvgIpc) is 1.96. The number of rotatable bonds is 0. The van der Waals surface area contributed by atoms with Crippen molar-refractivity contribution in [2.24, 2.45) is 16.0 Å². The van der Waals surface area contributed by atoms with E-state index in [4.69, 9.17) is 12.2 Å². The van der Waals surface area contributed by atoms with Crippen LogP contribution in [0.3, 0.4) is 0 Å². The maximum atomic E-state index is 5.31. The Balaban J connectivity index is 2.71. The van der Waals surface area contributed by atoms with Gasteiger partial charge in [-0.25, -0.2) is 10.9 Å². The third-order valence-corrected chi connectivity index (χ3v) is 1.13. The minimum Gasteiger partial charge on any atom is -0.295 e. The molecule has 1 rings (SSSR count). The van der Waals surface area contributed by atoms with E-state index >= 15 is 0 Å². The maximum Gasteiger partial charge on any atom is 0.202 e. The second-order valence-corrected chi connectivity index (χ2v) is 2.15. The minimum atomic E-state index is -0.754. The van der Waals surface area contributed by atoms with Crippen LogP contribution in [0.25, 0.3) is 0 Å². The number of nitrogens with two attached hydrogens (primary N) is 1. The maximum absolute atomic E-state index is 5.31. The summed E-state index contributed by atoms with van der Waals surface area (Å²) >= 11 is 0. The van der Waals surface area contributed by atoms with Crippen LogP contribution in [0.5, 0.6) is 0 Å². The van der Waals surface area contributed by atoms with Gasteiger partial charge in [0.2, 0.25) is 5.66 Å². The molecular weight excluding hydrogens is 130 g/mol. The van der Waals surface area contributed by atoms with Gasteiger partial charge in [-0.3, -0.25) is 5.73 Å². The first-order valence-corrected chi connectivity index (χ1v) is 2.84. The van der Waals surface area contributed by atoms with Crippen molar-refractivity contribution in [3.05, 3.63) is 0 Å². The number of hydrazine groups is 1. The van der Waals surface area contributed by atoms with Crippen LogP contribution in [0, 0.1) is 12.3 Å². The second kappa shape index (κ2) is 2.34. The molecule has 0 aromatic carbocycles. The fourth-order valence-electron chi connectivity index (χ4n) is 0.511. The van der Waals surface area contributed by atoms with Crippen LogP contribution in [-0.4, -0.2) is 12.0 Å². The number of hydrogen-bond donors (Lipinski definition) is 3. The van der Waals surface area contributed by atoms with Crippen molar-refractivity contribution in [1.82, 2.24) is 10.9 Å². The summed E-state index contributed by atoms with van der Waals surface area (Å²) in [6, 6.07) is 0. The molecule has 4 N–H and O–H groups in total. The van der Waals surface area contributed by atoms with E-state index < -0.39 is 12.0 Å². The smallest absolute Gasteiger partial charge is 0.202 e. The molecule has 0 radical (unpaired) electrons. The third kappa shape index (κ3) is 1.30. The summed E-state index contributed by atoms with van der Waals surface area (Å²) < 4.78 is 0. The normalized spacial score (nSPS) is 39.1. The van der Waals surface area contributed by atoms with Crippen molar-refractivity contribution >= 4 is 0 Å². The number of nitrogens with zero attached hydrogens (tertiary/aromatic N) is 2. The van der Waals surface area contributed by atoms with Gasteiger partial charge < -0.3 is 0 Å². The fourth-order valence-corrected chi connectivity index (χ4v) is 0.511. The lowest BCUT2D eigenvalue weighted by Crippen LogP contribution is -2.57. The Morgan fingerprint density at radius 1 is 1.80 bits per heavy atom. The Hall–Kier alpha value is -0.960. The van der Waals surface area contributed by atoms with Crippen molar-refractivity contribution in [3.8, 4) is 12.3 Å². The number of terminal acetylenes is 1. The highest BCUT2D eigenvalue weighted by Gasteiger charge is 2.23. The molecule has 5 nitrogen and oxygen atoms in total. The Bertz CT molecular complexity index is 193. The first-order chi connectivity index (χ1) is 4.66. The first kappa shape index (κ1) is 7.15. The molecule has 0 spiro atoms. The monoisotopic (exact) mass is 139 g/mol. The molecule has 54 valence electrons. The summed E-state index contributed by atoms with van der Waals surface area (Å²) in [7, 11) is 0. The lowest BCUT2D eigenvalue weighted by molar-refractivity contribution is 0.283. The molecular formula is C5H9N5. The summed E-state index contributed by atoms with van der Waals surface area (Å²) in [5.74, 6) is 2.41. The first-order valence-electron chi connectivity index (χ1n) is 2.84. The van der Waals surface area contributed by atoms with E-state index in [1.54, 1.807) is 6.92 Å². The Labute approximate surface area is 59.0 Å². The zero-order valence-electron chi connectivity index (χ0n) is 5.63. The van der Waals surface area contributed by atoms with Crippen molar-refractivity contribution < 1.29 is 0 Å². The second-order valence-electron chi connectivity index (χ2n) is 2.15. The van der Waals surface area contributed by atoms with Crippen molar-refractivity contribution in [1.29, 1.82) is 0 Å². The van der Waals surface area contributed by atoms with E-state index in [0.29, 0.717) is 0 Å². The van der Waals surface area contributed by atoms with E-state index in [2.05, 4.69) is 27.0 Å². The Morgan fingerprint density at radius 3 is 2.90 bits per heavy atom. The molecule has 10 heavy (non-hydrogen) atoms. The van der Waals surface area contributed by atoms with Crippen molar-refractivity contribution in [3.63, 3.8) is 0 Å². The minimum absolute atomic E-state index is 0.499. The molecule has 0 aromatic heterocycles. The van der Waals surface area contributed by atoms with Gasteiger partial charge in [0.1, 0.15) is 0 Å². The Morgan fingerprint density at radius 2 is 2.50 bits per heavy atom. The molecule has 1 aliphatic heterocycles. The van der Waals surface area contributed by atoms with Gasteiger partial charge in [0.25, 0.3) is 0 Å². The number of nitrogens with one attached hydrogen (secondary N) is 2. The van der Waals surface area contributed by atoms with Crippen LogP contribution in [0.15, 0.2) is 10.2 Å². The van der Waals surface area contributed by atoms with Crippen LogP contribution in [0.4, 0.5) is 0 Å². The van der Waals surface area contributed by atoms with Crippen molar-refractivity contribution in [2.45, 2.75) is 18.9 Å². The molecule has 5 heteroatoms. The van der Waals surface area contributed by atoms with Crippen LogP contribution in [0.1, 0.15) is 6.92 Å². The summed E-state index contributed by atoms with van der Waals surface area (Å²) in [6.07, 6.45) is 4.64. The van der Waals surface area contributed by atoms with Crippen molar-refractivity contribution in [2.75, 3.05) is 0 Å².